The van der Waals surface area contributed by atoms with E-state index in [1.807, 2.05) is 13.0 Å². The molecule has 0 spiro atoms. The lowest BCUT2D eigenvalue weighted by Gasteiger charge is -2.12. The molecule has 0 fully saturated rings. The van der Waals surface area contributed by atoms with Gasteiger partial charge in [-0.15, -0.1) is 0 Å². The second-order valence-corrected chi connectivity index (χ2v) is 4.66. The number of aryl methyl sites for hydroxylation is 1. The number of Topliss-reactive ketones (excluding diaryl/α,β-unsaturated/α-hetero) is 1. The van der Waals surface area contributed by atoms with Crippen molar-refractivity contribution in [3.05, 3.63) is 28.6 Å². The van der Waals surface area contributed by atoms with Crippen LogP contribution < -0.4 is 5.32 Å². The predicted molar refractivity (Wildman–Crippen MR) is 63.3 cm³/mol. The highest BCUT2D eigenvalue weighted by molar-refractivity contribution is 6.05. The van der Waals surface area contributed by atoms with E-state index in [0.29, 0.717) is 0 Å². The largest absolute Gasteiger partial charge is 0.358 e. The molecule has 3 heteroatoms. The van der Waals surface area contributed by atoms with Gasteiger partial charge in [-0.05, 0) is 31.0 Å². The van der Waals surface area contributed by atoms with Crippen molar-refractivity contribution >= 4 is 11.9 Å². The number of nitrogens with one attached hydrogen (secondary N) is 2. The Morgan fingerprint density at radius 1 is 1.44 bits per heavy atom. The van der Waals surface area contributed by atoms with E-state index in [2.05, 4.69) is 16.4 Å². The molecule has 0 amide bonds. The molecule has 0 saturated carbocycles. The highest BCUT2D eigenvalue weighted by atomic mass is 16.1. The Bertz CT molecular complexity index is 471. The van der Waals surface area contributed by atoms with Crippen LogP contribution in [-0.4, -0.2) is 17.3 Å². The number of rotatable bonds is 0. The Morgan fingerprint density at radius 3 is 3.19 bits per heavy atom. The van der Waals surface area contributed by atoms with Crippen LogP contribution in [0.25, 0.3) is 6.08 Å². The summed E-state index contributed by atoms with van der Waals surface area (Å²) in [6.07, 6.45) is 6.22. The maximum absolute atomic E-state index is 12.2. The third-order valence-corrected chi connectivity index (χ3v) is 3.51. The van der Waals surface area contributed by atoms with E-state index in [4.69, 9.17) is 0 Å². The van der Waals surface area contributed by atoms with Crippen LogP contribution in [0.1, 0.15) is 40.7 Å². The van der Waals surface area contributed by atoms with Crippen molar-refractivity contribution < 1.29 is 4.79 Å². The number of carbonyl (C=O) groups excluding carboxylic acids is 1. The zero-order valence-electron chi connectivity index (χ0n) is 9.47. The normalized spacial score (nSPS) is 23.8. The maximum atomic E-state index is 12.2. The molecule has 0 bridgehead atoms. The molecule has 1 aromatic heterocycles. The van der Waals surface area contributed by atoms with E-state index in [0.717, 1.165) is 37.2 Å². The maximum Gasteiger partial charge on any atom is 0.171 e. The fourth-order valence-electron chi connectivity index (χ4n) is 2.59. The quantitative estimate of drug-likeness (QED) is 0.695. The van der Waals surface area contributed by atoms with Crippen molar-refractivity contribution in [1.82, 2.24) is 10.3 Å². The summed E-state index contributed by atoms with van der Waals surface area (Å²) in [4.78, 5) is 15.6. The van der Waals surface area contributed by atoms with E-state index in [9.17, 15) is 4.79 Å². The second-order valence-electron chi connectivity index (χ2n) is 4.66. The zero-order valence-corrected chi connectivity index (χ0v) is 9.47. The first-order valence-electron chi connectivity index (χ1n) is 5.94. The summed E-state index contributed by atoms with van der Waals surface area (Å²) in [6, 6.07) is 0. The summed E-state index contributed by atoms with van der Waals surface area (Å²) in [7, 11) is 0. The minimum absolute atomic E-state index is 0.0238. The molecule has 0 radical (unpaired) electrons. The van der Waals surface area contributed by atoms with Crippen LogP contribution in [-0.2, 0) is 13.0 Å². The van der Waals surface area contributed by atoms with Crippen LogP contribution in [0.5, 0.6) is 0 Å². The number of carbonyl (C=O) groups is 1. The lowest BCUT2D eigenvalue weighted by molar-refractivity contribution is 0.0950. The topological polar surface area (TPSA) is 44.9 Å². The Hall–Kier alpha value is -1.35. The van der Waals surface area contributed by atoms with Gasteiger partial charge in [0.1, 0.15) is 0 Å². The van der Waals surface area contributed by atoms with Gasteiger partial charge in [0, 0.05) is 29.4 Å². The summed E-state index contributed by atoms with van der Waals surface area (Å²) in [6.45, 7) is 3.83. The van der Waals surface area contributed by atoms with Crippen LogP contribution in [0.3, 0.4) is 0 Å². The molecule has 84 valence electrons. The third-order valence-electron chi connectivity index (χ3n) is 3.51. The molecule has 2 heterocycles. The Kier molecular flexibility index (Phi) is 2.21. The monoisotopic (exact) mass is 216 g/mol. The molecule has 3 rings (SSSR count). The molecule has 0 aromatic carbocycles. The Morgan fingerprint density at radius 2 is 2.31 bits per heavy atom. The summed E-state index contributed by atoms with van der Waals surface area (Å²) >= 11 is 0. The molecular weight excluding hydrogens is 200 g/mol. The first-order chi connectivity index (χ1) is 7.77. The van der Waals surface area contributed by atoms with Gasteiger partial charge in [0.15, 0.2) is 5.78 Å². The van der Waals surface area contributed by atoms with Crippen LogP contribution in [0.2, 0.25) is 0 Å². The van der Waals surface area contributed by atoms with Crippen LogP contribution in [0.15, 0.2) is 6.08 Å². The van der Waals surface area contributed by atoms with Gasteiger partial charge < -0.3 is 10.3 Å². The minimum atomic E-state index is 0.0238. The number of aromatic amines is 1. The summed E-state index contributed by atoms with van der Waals surface area (Å²) in [5.74, 6) is 0.286. The standard InChI is InChI=1S/C13H16N2O/c1-8-4-5-11-12(13(8)16)9-7-14-6-2-3-10(9)15-11/h4-5,8,14-15H,2-3,6-7H2,1H3. The number of fused-ring (bicyclic) bond motifs is 3. The molecule has 2 N–H and O–H groups in total. The van der Waals surface area contributed by atoms with E-state index < -0.39 is 0 Å². The highest BCUT2D eigenvalue weighted by Crippen LogP contribution is 2.29. The average Bonchev–Trinajstić information content (AvgIpc) is 2.47. The first kappa shape index (κ1) is 9.85. The lowest BCUT2D eigenvalue weighted by atomic mass is 9.90. The molecule has 2 aliphatic rings. The summed E-state index contributed by atoms with van der Waals surface area (Å²) in [5, 5.41) is 3.38. The number of ketones is 1. The van der Waals surface area contributed by atoms with Gasteiger partial charge in [-0.25, -0.2) is 0 Å². The van der Waals surface area contributed by atoms with Crippen molar-refractivity contribution in [2.75, 3.05) is 6.54 Å². The zero-order chi connectivity index (χ0) is 11.1. The molecule has 1 atom stereocenters. The molecule has 1 aromatic rings. The fraction of sp³-hybridized carbons (Fsp3) is 0.462. The molecule has 3 nitrogen and oxygen atoms in total. The minimum Gasteiger partial charge on any atom is -0.358 e. The van der Waals surface area contributed by atoms with Gasteiger partial charge >= 0.3 is 0 Å². The van der Waals surface area contributed by atoms with Gasteiger partial charge in [0.2, 0.25) is 0 Å². The van der Waals surface area contributed by atoms with Gasteiger partial charge in [0.25, 0.3) is 0 Å². The van der Waals surface area contributed by atoms with E-state index >= 15 is 0 Å². The Labute approximate surface area is 94.9 Å². The molecular formula is C13H16N2O. The van der Waals surface area contributed by atoms with E-state index in [-0.39, 0.29) is 11.7 Å². The smallest absolute Gasteiger partial charge is 0.171 e. The van der Waals surface area contributed by atoms with Crippen LogP contribution in [0, 0.1) is 5.92 Å². The number of hydrogen-bond donors (Lipinski definition) is 2. The summed E-state index contributed by atoms with van der Waals surface area (Å²) in [5.41, 5.74) is 4.40. The predicted octanol–water partition coefficient (Wildman–Crippen LogP) is 1.90. The lowest BCUT2D eigenvalue weighted by Crippen LogP contribution is -2.18. The molecule has 1 aliphatic heterocycles. The van der Waals surface area contributed by atoms with Crippen molar-refractivity contribution in [1.29, 1.82) is 0 Å². The van der Waals surface area contributed by atoms with Gasteiger partial charge in [-0.3, -0.25) is 4.79 Å². The van der Waals surface area contributed by atoms with Crippen LogP contribution in [0.4, 0.5) is 0 Å². The highest BCUT2D eigenvalue weighted by Gasteiger charge is 2.27. The van der Waals surface area contributed by atoms with Crippen LogP contribution >= 0.6 is 0 Å². The molecule has 1 aliphatic carbocycles. The summed E-state index contributed by atoms with van der Waals surface area (Å²) < 4.78 is 0. The van der Waals surface area contributed by atoms with Gasteiger partial charge in [-0.2, -0.15) is 0 Å². The van der Waals surface area contributed by atoms with E-state index in [1.54, 1.807) is 0 Å². The molecule has 1 unspecified atom stereocenters. The SMILES string of the molecule is CC1C=Cc2[nH]c3c(c2C1=O)CNCCC3. The molecule has 0 saturated heterocycles. The number of hydrogen-bond acceptors (Lipinski definition) is 2. The number of allylic oxidation sites excluding steroid dienone is 1. The fourth-order valence-corrected chi connectivity index (χ4v) is 2.59. The average molecular weight is 216 g/mol. The number of aromatic nitrogens is 1. The first-order valence-corrected chi connectivity index (χ1v) is 5.94. The number of H-pyrrole nitrogens is 1. The molecule has 16 heavy (non-hydrogen) atoms. The van der Waals surface area contributed by atoms with Gasteiger partial charge in [-0.1, -0.05) is 13.0 Å². The van der Waals surface area contributed by atoms with Crippen molar-refractivity contribution in [2.24, 2.45) is 5.92 Å². The third kappa shape index (κ3) is 1.35. The van der Waals surface area contributed by atoms with Crippen molar-refractivity contribution in [3.63, 3.8) is 0 Å². The Balaban J connectivity index is 2.14. The second kappa shape index (κ2) is 3.59. The van der Waals surface area contributed by atoms with Crippen molar-refractivity contribution in [3.8, 4) is 0 Å². The van der Waals surface area contributed by atoms with E-state index in [1.165, 1.54) is 11.3 Å². The van der Waals surface area contributed by atoms with Gasteiger partial charge in [0.05, 0.1) is 0 Å². The van der Waals surface area contributed by atoms with Crippen molar-refractivity contribution in [2.45, 2.75) is 26.3 Å².